The molecule has 0 spiro atoms. The molecule has 0 aromatic heterocycles. The Kier molecular flexibility index (Phi) is 7.88. The number of hydrogen-bond acceptors (Lipinski definition) is 3. The zero-order valence-corrected chi connectivity index (χ0v) is 16.7. The van der Waals surface area contributed by atoms with Gasteiger partial charge in [0.25, 0.3) is 0 Å². The number of rotatable bonds is 9. The predicted molar refractivity (Wildman–Crippen MR) is 98.1 cm³/mol. The van der Waals surface area contributed by atoms with Crippen LogP contribution in [0.5, 0.6) is 0 Å². The second-order valence-electron chi connectivity index (χ2n) is 7.85. The van der Waals surface area contributed by atoms with Crippen molar-refractivity contribution in [3.05, 3.63) is 11.1 Å². The Labute approximate surface area is 143 Å². The second-order valence-corrected chi connectivity index (χ2v) is 13.3. The molecule has 1 atom stereocenters. The lowest BCUT2D eigenvalue weighted by molar-refractivity contribution is -0.107. The Hall–Kier alpha value is -0.743. The molecule has 0 bridgehead atoms. The van der Waals surface area contributed by atoms with Gasteiger partial charge in [0.05, 0.1) is 0 Å². The van der Waals surface area contributed by atoms with Gasteiger partial charge in [-0.3, -0.25) is 9.59 Å². The van der Waals surface area contributed by atoms with Gasteiger partial charge < -0.3 is 4.43 Å². The average Bonchev–Trinajstić information content (AvgIpc) is 2.50. The van der Waals surface area contributed by atoms with Crippen molar-refractivity contribution in [2.75, 3.05) is 6.61 Å². The van der Waals surface area contributed by atoms with Gasteiger partial charge in [-0.05, 0) is 59.4 Å². The van der Waals surface area contributed by atoms with Crippen LogP contribution in [0.2, 0.25) is 16.6 Å². The lowest BCUT2D eigenvalue weighted by Crippen LogP contribution is -2.48. The molecule has 0 fully saturated rings. The predicted octanol–water partition coefficient (Wildman–Crippen LogP) is 5.06. The molecule has 0 aliphatic heterocycles. The maximum Gasteiger partial charge on any atom is 0.200 e. The topological polar surface area (TPSA) is 43.4 Å². The van der Waals surface area contributed by atoms with Gasteiger partial charge in [0.1, 0.15) is 12.6 Å². The summed E-state index contributed by atoms with van der Waals surface area (Å²) < 4.78 is 6.60. The van der Waals surface area contributed by atoms with Crippen molar-refractivity contribution >= 4 is 20.9 Å². The fraction of sp³-hybridized carbons (Fsp3) is 0.789. The molecule has 0 heterocycles. The SMILES string of the molecule is CC(C)[Si](OCCC1CCC(C=O)=C(C=O)C1)(C(C)C)C(C)C. The van der Waals surface area contributed by atoms with E-state index in [0.717, 1.165) is 44.9 Å². The van der Waals surface area contributed by atoms with Crippen LogP contribution in [-0.4, -0.2) is 27.5 Å². The standard InChI is InChI=1S/C19H34O3Si/c1-14(2)23(15(3)4,16(5)6)22-10-9-17-7-8-18(12-20)19(11-17)13-21/h12-17H,7-11H2,1-6H3. The zero-order valence-electron chi connectivity index (χ0n) is 15.7. The number of hydrogen-bond donors (Lipinski definition) is 0. The molecule has 0 aromatic carbocycles. The van der Waals surface area contributed by atoms with Crippen molar-refractivity contribution < 1.29 is 14.0 Å². The van der Waals surface area contributed by atoms with Crippen molar-refractivity contribution in [3.63, 3.8) is 0 Å². The van der Waals surface area contributed by atoms with E-state index in [1.807, 2.05) is 0 Å². The van der Waals surface area contributed by atoms with Crippen LogP contribution < -0.4 is 0 Å². The molecule has 1 unspecified atom stereocenters. The van der Waals surface area contributed by atoms with Crippen molar-refractivity contribution in [3.8, 4) is 0 Å². The molecule has 1 aliphatic rings. The number of carbonyl (C=O) groups is 2. The van der Waals surface area contributed by atoms with Gasteiger partial charge in [-0.1, -0.05) is 41.5 Å². The Bertz CT molecular complexity index is 416. The first-order valence-electron chi connectivity index (χ1n) is 9.05. The molecule has 0 saturated carbocycles. The van der Waals surface area contributed by atoms with E-state index in [4.69, 9.17) is 4.43 Å². The van der Waals surface area contributed by atoms with Crippen LogP contribution in [0.25, 0.3) is 0 Å². The summed E-state index contributed by atoms with van der Waals surface area (Å²) in [5.41, 5.74) is 3.20. The minimum atomic E-state index is -1.80. The Morgan fingerprint density at radius 1 is 1.00 bits per heavy atom. The average molecular weight is 339 g/mol. The molecule has 3 nitrogen and oxygen atoms in total. The number of aldehydes is 2. The third-order valence-corrected chi connectivity index (χ3v) is 11.7. The Morgan fingerprint density at radius 3 is 1.96 bits per heavy atom. The van der Waals surface area contributed by atoms with Gasteiger partial charge >= 0.3 is 0 Å². The lowest BCUT2D eigenvalue weighted by Gasteiger charge is -2.42. The van der Waals surface area contributed by atoms with E-state index in [1.54, 1.807) is 0 Å². The van der Waals surface area contributed by atoms with Gasteiger partial charge in [-0.15, -0.1) is 0 Å². The molecular weight excluding hydrogens is 304 g/mol. The van der Waals surface area contributed by atoms with Crippen LogP contribution in [0.15, 0.2) is 11.1 Å². The minimum Gasteiger partial charge on any atom is -0.416 e. The highest BCUT2D eigenvalue weighted by Gasteiger charge is 2.44. The van der Waals surface area contributed by atoms with Crippen LogP contribution in [-0.2, 0) is 14.0 Å². The maximum atomic E-state index is 11.1. The summed E-state index contributed by atoms with van der Waals surface area (Å²) in [4.78, 5) is 22.1. The van der Waals surface area contributed by atoms with Gasteiger partial charge in [0.15, 0.2) is 8.32 Å². The van der Waals surface area contributed by atoms with Gasteiger partial charge in [-0.2, -0.15) is 0 Å². The third-order valence-electron chi connectivity index (χ3n) is 5.61. The summed E-state index contributed by atoms with van der Waals surface area (Å²) in [6.45, 7) is 14.6. The van der Waals surface area contributed by atoms with Crippen LogP contribution in [0.4, 0.5) is 0 Å². The highest BCUT2D eigenvalue weighted by Crippen LogP contribution is 2.42. The molecule has 132 valence electrons. The molecule has 1 rings (SSSR count). The molecule has 1 aliphatic carbocycles. The largest absolute Gasteiger partial charge is 0.416 e. The minimum absolute atomic E-state index is 0.470. The molecule has 0 amide bonds. The molecule has 4 heteroatoms. The summed E-state index contributed by atoms with van der Waals surface area (Å²) in [5, 5.41) is 0. The summed E-state index contributed by atoms with van der Waals surface area (Å²) in [7, 11) is -1.80. The fourth-order valence-corrected chi connectivity index (χ4v) is 9.94. The molecule has 0 radical (unpaired) electrons. The lowest BCUT2D eigenvalue weighted by atomic mass is 9.83. The molecule has 0 saturated heterocycles. The summed E-state index contributed by atoms with van der Waals surface area (Å²) in [6, 6.07) is 0. The van der Waals surface area contributed by atoms with Crippen molar-refractivity contribution in [2.45, 2.75) is 83.8 Å². The first-order chi connectivity index (χ1) is 10.8. The van der Waals surface area contributed by atoms with Crippen LogP contribution in [0.3, 0.4) is 0 Å². The Balaban J connectivity index is 2.67. The number of allylic oxidation sites excluding steroid dienone is 2. The van der Waals surface area contributed by atoms with E-state index >= 15 is 0 Å². The van der Waals surface area contributed by atoms with E-state index < -0.39 is 8.32 Å². The van der Waals surface area contributed by atoms with Gasteiger partial charge in [0, 0.05) is 6.61 Å². The number of carbonyl (C=O) groups excluding carboxylic acids is 2. The molecular formula is C19H34O3Si. The normalized spacial score (nSPS) is 19.8. The summed E-state index contributed by atoms with van der Waals surface area (Å²) >= 11 is 0. The van der Waals surface area contributed by atoms with E-state index in [0.29, 0.717) is 33.7 Å². The first-order valence-corrected chi connectivity index (χ1v) is 11.2. The summed E-state index contributed by atoms with van der Waals surface area (Å²) in [5.74, 6) is 0.470. The maximum absolute atomic E-state index is 11.1. The zero-order chi connectivity index (χ0) is 17.6. The van der Waals surface area contributed by atoms with Gasteiger partial charge in [0.2, 0.25) is 0 Å². The highest BCUT2D eigenvalue weighted by molar-refractivity contribution is 6.77. The summed E-state index contributed by atoms with van der Waals surface area (Å²) in [6.07, 6.45) is 5.18. The quantitative estimate of drug-likeness (QED) is 0.436. The third kappa shape index (κ3) is 4.63. The van der Waals surface area contributed by atoms with E-state index in [2.05, 4.69) is 41.5 Å². The van der Waals surface area contributed by atoms with E-state index in [1.165, 1.54) is 0 Å². The van der Waals surface area contributed by atoms with Crippen LogP contribution >= 0.6 is 0 Å². The van der Waals surface area contributed by atoms with Crippen molar-refractivity contribution in [1.29, 1.82) is 0 Å². The second kappa shape index (κ2) is 8.93. The molecule has 23 heavy (non-hydrogen) atoms. The van der Waals surface area contributed by atoms with Crippen molar-refractivity contribution in [1.82, 2.24) is 0 Å². The fourth-order valence-electron chi connectivity index (χ4n) is 4.47. The van der Waals surface area contributed by atoms with Crippen LogP contribution in [0, 0.1) is 5.92 Å². The first kappa shape index (κ1) is 20.3. The highest BCUT2D eigenvalue weighted by atomic mass is 28.4. The van der Waals surface area contributed by atoms with Crippen LogP contribution in [0.1, 0.15) is 67.2 Å². The molecule has 0 N–H and O–H groups in total. The van der Waals surface area contributed by atoms with Crippen molar-refractivity contribution in [2.24, 2.45) is 5.92 Å². The Morgan fingerprint density at radius 2 is 1.52 bits per heavy atom. The van der Waals surface area contributed by atoms with E-state index in [-0.39, 0.29) is 0 Å². The smallest absolute Gasteiger partial charge is 0.200 e. The monoisotopic (exact) mass is 338 g/mol. The van der Waals surface area contributed by atoms with Gasteiger partial charge in [-0.25, -0.2) is 0 Å². The van der Waals surface area contributed by atoms with E-state index in [9.17, 15) is 9.59 Å². The molecule has 0 aromatic rings.